The van der Waals surface area contributed by atoms with Crippen LogP contribution in [0.15, 0.2) is 4.99 Å². The van der Waals surface area contributed by atoms with Crippen LogP contribution in [0.1, 0.15) is 47.0 Å². The van der Waals surface area contributed by atoms with E-state index >= 15 is 0 Å². The van der Waals surface area contributed by atoms with Crippen LogP contribution in [-0.2, 0) is 0 Å². The first-order valence-electron chi connectivity index (χ1n) is 7.66. The smallest absolute Gasteiger partial charge is 0.191 e. The van der Waals surface area contributed by atoms with Crippen LogP contribution in [0.3, 0.4) is 0 Å². The summed E-state index contributed by atoms with van der Waals surface area (Å²) >= 11 is 0. The molecule has 0 aromatic rings. The van der Waals surface area contributed by atoms with Crippen molar-refractivity contribution in [3.63, 3.8) is 0 Å². The summed E-state index contributed by atoms with van der Waals surface area (Å²) in [5, 5.41) is 6.73. The minimum Gasteiger partial charge on any atom is -0.356 e. The van der Waals surface area contributed by atoms with Crippen LogP contribution in [0.2, 0.25) is 0 Å². The number of nitrogens with one attached hydrogen (secondary N) is 2. The highest BCUT2D eigenvalue weighted by atomic mass is 127. The molecule has 4 nitrogen and oxygen atoms in total. The van der Waals surface area contributed by atoms with Crippen molar-refractivity contribution in [3.05, 3.63) is 0 Å². The van der Waals surface area contributed by atoms with Crippen LogP contribution < -0.4 is 10.6 Å². The van der Waals surface area contributed by atoms with Crippen molar-refractivity contribution in [2.45, 2.75) is 53.0 Å². The topological polar surface area (TPSA) is 39.7 Å². The van der Waals surface area contributed by atoms with Gasteiger partial charge in [-0.15, -0.1) is 24.0 Å². The predicted octanol–water partition coefficient (Wildman–Crippen LogP) is 2.94. The second-order valence-corrected chi connectivity index (χ2v) is 5.70. The highest BCUT2D eigenvalue weighted by Gasteiger charge is 2.06. The summed E-state index contributed by atoms with van der Waals surface area (Å²) in [4.78, 5) is 6.62. The second kappa shape index (κ2) is 13.9. The van der Waals surface area contributed by atoms with Gasteiger partial charge in [-0.25, -0.2) is 0 Å². The van der Waals surface area contributed by atoms with Gasteiger partial charge in [0.15, 0.2) is 5.96 Å². The third-order valence-electron chi connectivity index (χ3n) is 3.57. The quantitative estimate of drug-likeness (QED) is 0.272. The van der Waals surface area contributed by atoms with Gasteiger partial charge in [0.05, 0.1) is 0 Å². The van der Waals surface area contributed by atoms with E-state index < -0.39 is 0 Å². The number of aliphatic imine (C=N–C) groups is 1. The van der Waals surface area contributed by atoms with Crippen molar-refractivity contribution in [1.29, 1.82) is 0 Å². The monoisotopic (exact) mass is 398 g/mol. The van der Waals surface area contributed by atoms with E-state index in [1.165, 1.54) is 19.3 Å². The summed E-state index contributed by atoms with van der Waals surface area (Å²) < 4.78 is 0. The molecule has 0 aliphatic carbocycles. The van der Waals surface area contributed by atoms with E-state index in [1.54, 1.807) is 0 Å². The molecule has 0 aliphatic rings. The highest BCUT2D eigenvalue weighted by molar-refractivity contribution is 14.0. The van der Waals surface area contributed by atoms with Crippen LogP contribution in [0.5, 0.6) is 0 Å². The molecule has 0 saturated carbocycles. The summed E-state index contributed by atoms with van der Waals surface area (Å²) in [5.41, 5.74) is 0. The van der Waals surface area contributed by atoms with Crippen molar-refractivity contribution in [3.8, 4) is 0 Å². The van der Waals surface area contributed by atoms with E-state index in [2.05, 4.69) is 55.3 Å². The first-order chi connectivity index (χ1) is 9.01. The molecule has 0 aliphatic heterocycles. The first-order valence-corrected chi connectivity index (χ1v) is 7.66. The molecule has 0 rings (SSSR count). The van der Waals surface area contributed by atoms with Gasteiger partial charge in [0.25, 0.3) is 0 Å². The van der Waals surface area contributed by atoms with Crippen LogP contribution in [0, 0.1) is 5.92 Å². The van der Waals surface area contributed by atoms with E-state index in [0.29, 0.717) is 6.04 Å². The van der Waals surface area contributed by atoms with Gasteiger partial charge < -0.3 is 15.5 Å². The third-order valence-corrected chi connectivity index (χ3v) is 3.57. The van der Waals surface area contributed by atoms with Crippen molar-refractivity contribution in [2.24, 2.45) is 10.9 Å². The maximum atomic E-state index is 4.24. The Kier molecular flexibility index (Phi) is 15.5. The van der Waals surface area contributed by atoms with Crippen LogP contribution in [0.4, 0.5) is 0 Å². The van der Waals surface area contributed by atoms with E-state index in [-0.39, 0.29) is 24.0 Å². The fraction of sp³-hybridized carbons (Fsp3) is 0.933. The molecule has 0 radical (unpaired) electrons. The zero-order valence-electron chi connectivity index (χ0n) is 14.2. The average molecular weight is 398 g/mol. The van der Waals surface area contributed by atoms with Gasteiger partial charge in [-0.3, -0.25) is 4.99 Å². The van der Waals surface area contributed by atoms with Gasteiger partial charge in [0.1, 0.15) is 0 Å². The molecule has 0 aromatic carbocycles. The largest absolute Gasteiger partial charge is 0.356 e. The van der Waals surface area contributed by atoms with E-state index in [1.807, 2.05) is 7.05 Å². The lowest BCUT2D eigenvalue weighted by molar-refractivity contribution is 0.255. The van der Waals surface area contributed by atoms with Crippen molar-refractivity contribution in [1.82, 2.24) is 15.5 Å². The minimum absolute atomic E-state index is 0. The zero-order chi connectivity index (χ0) is 14.7. The molecule has 1 atom stereocenters. The lowest BCUT2D eigenvalue weighted by atomic mass is 10.1. The lowest BCUT2D eigenvalue weighted by Gasteiger charge is -2.24. The molecule has 2 N–H and O–H groups in total. The third kappa shape index (κ3) is 11.8. The van der Waals surface area contributed by atoms with Crippen LogP contribution in [-0.4, -0.2) is 50.6 Å². The Balaban J connectivity index is 0. The molecule has 0 aromatic heterocycles. The number of rotatable bonds is 9. The van der Waals surface area contributed by atoms with Gasteiger partial charge in [0.2, 0.25) is 0 Å². The molecular formula is C15H35IN4. The molecule has 0 fully saturated rings. The predicted molar refractivity (Wildman–Crippen MR) is 101 cm³/mol. The zero-order valence-corrected chi connectivity index (χ0v) is 16.5. The number of guanidine groups is 1. The maximum Gasteiger partial charge on any atom is 0.191 e. The van der Waals surface area contributed by atoms with E-state index in [4.69, 9.17) is 0 Å². The van der Waals surface area contributed by atoms with Crippen LogP contribution >= 0.6 is 24.0 Å². The molecule has 122 valence electrons. The Bertz CT molecular complexity index is 244. The minimum atomic E-state index is 0. The Hall–Kier alpha value is -0.0400. The Morgan fingerprint density at radius 2 is 1.75 bits per heavy atom. The maximum absolute atomic E-state index is 4.24. The number of nitrogens with zero attached hydrogens (tertiary/aromatic N) is 2. The summed E-state index contributed by atoms with van der Waals surface area (Å²) in [5.74, 6) is 1.70. The van der Waals surface area contributed by atoms with Gasteiger partial charge in [-0.05, 0) is 39.2 Å². The number of hydrogen-bond donors (Lipinski definition) is 2. The normalized spacial score (nSPS) is 13.3. The number of halogens is 1. The molecule has 0 amide bonds. The fourth-order valence-electron chi connectivity index (χ4n) is 1.82. The second-order valence-electron chi connectivity index (χ2n) is 5.70. The summed E-state index contributed by atoms with van der Waals surface area (Å²) in [6.07, 6.45) is 3.66. The molecule has 20 heavy (non-hydrogen) atoms. The van der Waals surface area contributed by atoms with Gasteiger partial charge in [0, 0.05) is 32.7 Å². The standard InChI is InChI=1S/C15H34N4.HI/c1-7-14(4)19(6)12-11-18-15(16-5)17-10-8-9-13(2)3;/h13-14H,7-12H2,1-6H3,(H2,16,17,18);1H. The average Bonchev–Trinajstić information content (AvgIpc) is 2.39. The van der Waals surface area contributed by atoms with Crippen molar-refractivity contribution < 1.29 is 0 Å². The number of likely N-dealkylation sites (N-methyl/N-ethyl adjacent to an activating group) is 1. The molecule has 0 saturated heterocycles. The molecule has 5 heteroatoms. The first kappa shape index (κ1) is 22.2. The van der Waals surface area contributed by atoms with E-state index in [0.717, 1.165) is 31.5 Å². The summed E-state index contributed by atoms with van der Waals surface area (Å²) in [7, 11) is 4.00. The van der Waals surface area contributed by atoms with Gasteiger partial charge >= 0.3 is 0 Å². The molecule has 1 unspecified atom stereocenters. The van der Waals surface area contributed by atoms with Gasteiger partial charge in [-0.2, -0.15) is 0 Å². The van der Waals surface area contributed by atoms with Crippen LogP contribution in [0.25, 0.3) is 0 Å². The van der Waals surface area contributed by atoms with Gasteiger partial charge in [-0.1, -0.05) is 20.8 Å². The Morgan fingerprint density at radius 1 is 1.15 bits per heavy atom. The Morgan fingerprint density at radius 3 is 2.25 bits per heavy atom. The van der Waals surface area contributed by atoms with Crippen molar-refractivity contribution in [2.75, 3.05) is 33.7 Å². The summed E-state index contributed by atoms with van der Waals surface area (Å²) in [6, 6.07) is 0.641. The molecule has 0 spiro atoms. The Labute approximate surface area is 143 Å². The van der Waals surface area contributed by atoms with E-state index in [9.17, 15) is 0 Å². The number of hydrogen-bond acceptors (Lipinski definition) is 2. The molecule has 0 bridgehead atoms. The summed E-state index contributed by atoms with van der Waals surface area (Å²) in [6.45, 7) is 12.0. The van der Waals surface area contributed by atoms with Crippen molar-refractivity contribution >= 4 is 29.9 Å². The fourth-order valence-corrected chi connectivity index (χ4v) is 1.82. The highest BCUT2D eigenvalue weighted by Crippen LogP contribution is 2.01. The lowest BCUT2D eigenvalue weighted by Crippen LogP contribution is -2.42. The SMILES string of the molecule is CCC(C)N(C)CCNC(=NC)NCCCC(C)C.I. The molecule has 0 heterocycles. The molecular weight excluding hydrogens is 363 g/mol.